The number of rotatable bonds is 6. The van der Waals surface area contributed by atoms with Crippen molar-refractivity contribution in [1.82, 2.24) is 5.32 Å². The van der Waals surface area contributed by atoms with Crippen LogP contribution in [0.2, 0.25) is 0 Å². The molecule has 2 rings (SSSR count). The number of amides is 1. The molecule has 110 valence electrons. The molecule has 0 atom stereocenters. The Bertz CT molecular complexity index is 655. The Morgan fingerprint density at radius 3 is 2.71 bits per heavy atom. The molecule has 21 heavy (non-hydrogen) atoms. The number of carbonyl (C=O) groups excluding carboxylic acids is 2. The topological polar surface area (TPSA) is 46.2 Å². The average molecular weight is 384 g/mol. The molecule has 0 fully saturated rings. The second kappa shape index (κ2) is 7.77. The van der Waals surface area contributed by atoms with E-state index in [-0.39, 0.29) is 11.7 Å². The van der Waals surface area contributed by atoms with Gasteiger partial charge < -0.3 is 5.32 Å². The van der Waals surface area contributed by atoms with Gasteiger partial charge in [-0.2, -0.15) is 0 Å². The minimum absolute atomic E-state index is 0.0687. The molecule has 0 aliphatic heterocycles. The largest absolute Gasteiger partial charge is 0.351 e. The van der Waals surface area contributed by atoms with E-state index in [1.54, 1.807) is 0 Å². The lowest BCUT2D eigenvalue weighted by Crippen LogP contribution is -2.18. The first kappa shape index (κ1) is 16.3. The van der Waals surface area contributed by atoms with Gasteiger partial charge in [0.05, 0.1) is 17.2 Å². The molecule has 6 heteroatoms. The summed E-state index contributed by atoms with van der Waals surface area (Å²) in [4.78, 5) is 25.8. The summed E-state index contributed by atoms with van der Waals surface area (Å²) in [5.74, 6) is 0.443. The molecule has 1 aromatic heterocycles. The van der Waals surface area contributed by atoms with E-state index in [4.69, 9.17) is 0 Å². The minimum atomic E-state index is -0.0687. The predicted molar refractivity (Wildman–Crippen MR) is 91.0 cm³/mol. The van der Waals surface area contributed by atoms with Gasteiger partial charge in [-0.25, -0.2) is 0 Å². The third-order valence-corrected chi connectivity index (χ3v) is 5.80. The Kier molecular flexibility index (Phi) is 6.02. The van der Waals surface area contributed by atoms with Crippen molar-refractivity contribution in [3.63, 3.8) is 0 Å². The summed E-state index contributed by atoms with van der Waals surface area (Å²) in [6.45, 7) is 1.96. The molecule has 0 aliphatic rings. The van der Waals surface area contributed by atoms with Gasteiger partial charge in [0.1, 0.15) is 0 Å². The van der Waals surface area contributed by atoms with Crippen LogP contribution in [-0.2, 0) is 11.3 Å². The van der Waals surface area contributed by atoms with Crippen LogP contribution in [0.4, 0.5) is 0 Å². The monoisotopic (exact) mass is 383 g/mol. The predicted octanol–water partition coefficient (Wildman–Crippen LogP) is 4.12. The Labute approximate surface area is 140 Å². The fourth-order valence-electron chi connectivity index (χ4n) is 1.61. The average Bonchev–Trinajstić information content (AvgIpc) is 2.93. The smallest absolute Gasteiger partial charge is 0.217 e. The van der Waals surface area contributed by atoms with E-state index in [1.165, 1.54) is 30.0 Å². The van der Waals surface area contributed by atoms with Crippen LogP contribution in [0.5, 0.6) is 0 Å². The number of nitrogens with one attached hydrogen (secondary N) is 1. The Morgan fingerprint density at radius 2 is 2.00 bits per heavy atom. The molecule has 0 saturated heterocycles. The summed E-state index contributed by atoms with van der Waals surface area (Å²) in [5.41, 5.74) is 0. The molecule has 0 unspecified atom stereocenters. The molecular weight excluding hydrogens is 370 g/mol. The number of hydrogen-bond donors (Lipinski definition) is 1. The number of thiophene rings is 1. The van der Waals surface area contributed by atoms with E-state index < -0.39 is 0 Å². The van der Waals surface area contributed by atoms with Crippen molar-refractivity contribution in [2.75, 3.05) is 5.75 Å². The summed E-state index contributed by atoms with van der Waals surface area (Å²) in [7, 11) is 0. The van der Waals surface area contributed by atoms with Crippen LogP contribution in [0.3, 0.4) is 0 Å². The fourth-order valence-corrected chi connectivity index (χ4v) is 4.04. The number of carbonyl (C=O) groups is 2. The Morgan fingerprint density at radius 1 is 1.24 bits per heavy atom. The van der Waals surface area contributed by atoms with Gasteiger partial charge in [0.2, 0.25) is 5.91 Å². The third kappa shape index (κ3) is 4.98. The molecule has 1 aromatic carbocycles. The van der Waals surface area contributed by atoms with Crippen LogP contribution < -0.4 is 5.32 Å². The first-order chi connectivity index (χ1) is 10.1. The van der Waals surface area contributed by atoms with Crippen molar-refractivity contribution in [3.05, 3.63) is 50.6 Å². The lowest BCUT2D eigenvalue weighted by Gasteiger charge is -2.02. The molecule has 2 aromatic rings. The van der Waals surface area contributed by atoms with Gasteiger partial charge in [0.15, 0.2) is 5.78 Å². The molecule has 1 amide bonds. The summed E-state index contributed by atoms with van der Waals surface area (Å²) in [5, 5.41) is 2.73. The van der Waals surface area contributed by atoms with E-state index in [0.29, 0.717) is 12.3 Å². The zero-order chi connectivity index (χ0) is 15.2. The van der Waals surface area contributed by atoms with Crippen molar-refractivity contribution >= 4 is 50.7 Å². The van der Waals surface area contributed by atoms with Crippen LogP contribution in [0, 0.1) is 0 Å². The zero-order valence-corrected chi connectivity index (χ0v) is 14.6. The molecule has 0 aliphatic carbocycles. The van der Waals surface area contributed by atoms with Gasteiger partial charge >= 0.3 is 0 Å². The van der Waals surface area contributed by atoms with Gasteiger partial charge in [-0.1, -0.05) is 12.1 Å². The van der Waals surface area contributed by atoms with E-state index in [2.05, 4.69) is 21.2 Å². The maximum atomic E-state index is 12.2. The van der Waals surface area contributed by atoms with Crippen molar-refractivity contribution < 1.29 is 9.59 Å². The van der Waals surface area contributed by atoms with Gasteiger partial charge in [-0.05, 0) is 40.2 Å². The van der Waals surface area contributed by atoms with Crippen molar-refractivity contribution in [1.29, 1.82) is 0 Å². The normalized spacial score (nSPS) is 10.4. The molecule has 0 bridgehead atoms. The lowest BCUT2D eigenvalue weighted by molar-refractivity contribution is -0.119. The maximum Gasteiger partial charge on any atom is 0.217 e. The van der Waals surface area contributed by atoms with E-state index in [9.17, 15) is 9.59 Å². The second-order valence-corrected chi connectivity index (χ2v) is 7.36. The number of ketones is 1. The standard InChI is InChI=1S/C15H14BrNO2S2/c1-10(18)17-8-11-6-7-15(21-11)13(19)9-20-14-5-3-2-4-12(14)16/h2-7H,8-9H2,1H3,(H,17,18). The fraction of sp³-hybridized carbons (Fsp3) is 0.200. The van der Waals surface area contributed by atoms with Crippen molar-refractivity contribution in [3.8, 4) is 0 Å². The lowest BCUT2D eigenvalue weighted by atomic mass is 10.3. The molecule has 1 N–H and O–H groups in total. The quantitative estimate of drug-likeness (QED) is 0.602. The van der Waals surface area contributed by atoms with Crippen LogP contribution in [0.15, 0.2) is 45.8 Å². The molecular formula is C15H14BrNO2S2. The highest BCUT2D eigenvalue weighted by atomic mass is 79.9. The maximum absolute atomic E-state index is 12.2. The molecule has 0 spiro atoms. The highest BCUT2D eigenvalue weighted by molar-refractivity contribution is 9.10. The van der Waals surface area contributed by atoms with Crippen LogP contribution >= 0.6 is 39.0 Å². The van der Waals surface area contributed by atoms with E-state index >= 15 is 0 Å². The SMILES string of the molecule is CC(=O)NCc1ccc(C(=O)CSc2ccccc2Br)s1. The van der Waals surface area contributed by atoms with Crippen LogP contribution in [0.1, 0.15) is 21.5 Å². The minimum Gasteiger partial charge on any atom is -0.351 e. The number of benzene rings is 1. The number of thioether (sulfide) groups is 1. The van der Waals surface area contributed by atoms with E-state index in [1.807, 2.05) is 36.4 Å². The molecule has 0 radical (unpaired) electrons. The summed E-state index contributed by atoms with van der Waals surface area (Å²) >= 11 is 6.42. The molecule has 3 nitrogen and oxygen atoms in total. The van der Waals surface area contributed by atoms with Gasteiger partial charge in [0, 0.05) is 21.2 Å². The van der Waals surface area contributed by atoms with Crippen molar-refractivity contribution in [2.24, 2.45) is 0 Å². The van der Waals surface area contributed by atoms with Crippen molar-refractivity contribution in [2.45, 2.75) is 18.4 Å². The van der Waals surface area contributed by atoms with Gasteiger partial charge in [-0.15, -0.1) is 23.1 Å². The highest BCUT2D eigenvalue weighted by Gasteiger charge is 2.11. The number of Topliss-reactive ketones (excluding diaryl/α,β-unsaturated/α-hetero) is 1. The Hall–Kier alpha value is -1.11. The Balaban J connectivity index is 1.92. The van der Waals surface area contributed by atoms with Gasteiger partial charge in [-0.3, -0.25) is 9.59 Å². The number of halogens is 1. The molecule has 1 heterocycles. The van der Waals surface area contributed by atoms with Gasteiger partial charge in [0.25, 0.3) is 0 Å². The van der Waals surface area contributed by atoms with E-state index in [0.717, 1.165) is 19.1 Å². The zero-order valence-electron chi connectivity index (χ0n) is 11.4. The summed E-state index contributed by atoms with van der Waals surface area (Å²) < 4.78 is 1.00. The first-order valence-corrected chi connectivity index (χ1v) is 8.89. The van der Waals surface area contributed by atoms with Crippen LogP contribution in [-0.4, -0.2) is 17.4 Å². The summed E-state index contributed by atoms with van der Waals surface area (Å²) in [6.07, 6.45) is 0. The first-order valence-electron chi connectivity index (χ1n) is 6.30. The summed E-state index contributed by atoms with van der Waals surface area (Å²) in [6, 6.07) is 11.6. The van der Waals surface area contributed by atoms with Crippen LogP contribution in [0.25, 0.3) is 0 Å². The second-order valence-electron chi connectivity index (χ2n) is 4.32. The number of hydrogen-bond acceptors (Lipinski definition) is 4. The molecule has 0 saturated carbocycles. The third-order valence-electron chi connectivity index (χ3n) is 2.64. The highest BCUT2D eigenvalue weighted by Crippen LogP contribution is 2.28.